The van der Waals surface area contributed by atoms with Gasteiger partial charge in [-0.3, -0.25) is 24.1 Å². The van der Waals surface area contributed by atoms with Crippen molar-refractivity contribution in [3.63, 3.8) is 0 Å². The Bertz CT molecular complexity index is 1170. The van der Waals surface area contributed by atoms with Crippen LogP contribution in [-0.4, -0.2) is 128 Å². The van der Waals surface area contributed by atoms with Crippen LogP contribution in [0.1, 0.15) is 51.5 Å². The van der Waals surface area contributed by atoms with Gasteiger partial charge in [0.1, 0.15) is 17.7 Å². The molecule has 0 spiro atoms. The minimum Gasteiger partial charge on any atom is -0.447 e. The minimum atomic E-state index is -0.804. The van der Waals surface area contributed by atoms with E-state index < -0.39 is 42.2 Å². The van der Waals surface area contributed by atoms with Crippen molar-refractivity contribution in [3.05, 3.63) is 16.6 Å². The molecule has 14 nitrogen and oxygen atoms in total. The van der Waals surface area contributed by atoms with Crippen LogP contribution in [0.4, 0.5) is 4.79 Å². The highest BCUT2D eigenvalue weighted by Gasteiger charge is 2.42. The van der Waals surface area contributed by atoms with Crippen LogP contribution < -0.4 is 10.6 Å². The van der Waals surface area contributed by atoms with Crippen molar-refractivity contribution in [2.75, 3.05) is 48.0 Å². The third-order valence-corrected chi connectivity index (χ3v) is 9.82. The molecule has 252 valence electrons. The second kappa shape index (κ2) is 16.9. The van der Waals surface area contributed by atoms with E-state index in [0.717, 1.165) is 17.8 Å². The maximum Gasteiger partial charge on any atom is 0.410 e. The molecule has 2 saturated heterocycles. The van der Waals surface area contributed by atoms with Crippen LogP contribution in [0, 0.1) is 11.8 Å². The standard InChI is InChI=1S/C30H48N6O8S/c1-8-18(2)26(35(5)25(38)16-33-29(40)21-17-44-30(41)34(21)4)22(42-6)14-24(37)36-12-9-10-20(36)27(43-7)19(3)28(39)32-15-23-31-11-13-45-23/h11,13,18-22,26-27H,8-10,12,14-17H2,1-7H3,(H,32,39)(H,33,40). The fourth-order valence-electron chi connectivity index (χ4n) is 6.14. The number of ether oxygens (including phenoxy) is 3. The SMILES string of the molecule is CCC(C)C(C(CC(=O)N1CCCC1C(OC)C(C)C(=O)NCc1nccs1)OC)N(C)C(=O)CNC(=O)C1COC(=O)N1C. The number of hydrogen-bond donors (Lipinski definition) is 2. The Kier molecular flexibility index (Phi) is 13.5. The van der Waals surface area contributed by atoms with Crippen molar-refractivity contribution < 1.29 is 38.2 Å². The van der Waals surface area contributed by atoms with Gasteiger partial charge in [-0.25, -0.2) is 9.78 Å². The molecule has 2 fully saturated rings. The van der Waals surface area contributed by atoms with Gasteiger partial charge in [0.2, 0.25) is 23.6 Å². The molecule has 2 aliphatic heterocycles. The quantitative estimate of drug-likeness (QED) is 0.268. The number of nitrogens with zero attached hydrogens (tertiary/aromatic N) is 4. The molecule has 2 N–H and O–H groups in total. The number of hydrogen-bond acceptors (Lipinski definition) is 10. The van der Waals surface area contributed by atoms with Crippen LogP contribution in [0.5, 0.6) is 0 Å². The van der Waals surface area contributed by atoms with E-state index in [0.29, 0.717) is 19.5 Å². The number of likely N-dealkylation sites (N-methyl/N-ethyl adjacent to an activating group) is 2. The summed E-state index contributed by atoms with van der Waals surface area (Å²) < 4.78 is 16.6. The fourth-order valence-corrected chi connectivity index (χ4v) is 6.69. The number of amides is 5. The molecule has 0 aliphatic carbocycles. The summed E-state index contributed by atoms with van der Waals surface area (Å²) in [6.45, 7) is 6.30. The van der Waals surface area contributed by atoms with Crippen molar-refractivity contribution in [2.45, 2.75) is 83.3 Å². The van der Waals surface area contributed by atoms with Gasteiger partial charge >= 0.3 is 6.09 Å². The van der Waals surface area contributed by atoms with Crippen LogP contribution in [0.25, 0.3) is 0 Å². The lowest BCUT2D eigenvalue weighted by Gasteiger charge is -2.39. The Morgan fingerprint density at radius 3 is 2.51 bits per heavy atom. The lowest BCUT2D eigenvalue weighted by atomic mass is 9.90. The molecular weight excluding hydrogens is 604 g/mol. The van der Waals surface area contributed by atoms with E-state index in [-0.39, 0.29) is 49.3 Å². The highest BCUT2D eigenvalue weighted by molar-refractivity contribution is 7.09. The van der Waals surface area contributed by atoms with Gasteiger partial charge in [0.25, 0.3) is 0 Å². The Morgan fingerprint density at radius 2 is 1.93 bits per heavy atom. The first kappa shape index (κ1) is 36.2. The maximum absolute atomic E-state index is 13.8. The number of carbonyl (C=O) groups is 5. The summed E-state index contributed by atoms with van der Waals surface area (Å²) in [6.07, 6.45) is 2.20. The number of likely N-dealkylation sites (tertiary alicyclic amines) is 1. The summed E-state index contributed by atoms with van der Waals surface area (Å²) in [5, 5.41) is 8.18. The molecule has 7 unspecified atom stereocenters. The van der Waals surface area contributed by atoms with Crippen molar-refractivity contribution in [1.82, 2.24) is 30.3 Å². The van der Waals surface area contributed by atoms with Gasteiger partial charge in [-0.1, -0.05) is 27.2 Å². The van der Waals surface area contributed by atoms with E-state index in [9.17, 15) is 24.0 Å². The van der Waals surface area contributed by atoms with Gasteiger partial charge in [-0.05, 0) is 18.8 Å². The summed E-state index contributed by atoms with van der Waals surface area (Å²) in [5.41, 5.74) is 0. The minimum absolute atomic E-state index is 0.0259. The van der Waals surface area contributed by atoms with Crippen LogP contribution in [-0.2, 0) is 39.9 Å². The Labute approximate surface area is 269 Å². The van der Waals surface area contributed by atoms with E-state index in [1.54, 1.807) is 32.2 Å². The number of cyclic esters (lactones) is 1. The van der Waals surface area contributed by atoms with Gasteiger partial charge in [0.15, 0.2) is 0 Å². The number of rotatable bonds is 16. The van der Waals surface area contributed by atoms with Gasteiger partial charge < -0.3 is 34.6 Å². The van der Waals surface area contributed by atoms with Crippen LogP contribution in [0.3, 0.4) is 0 Å². The Hall–Kier alpha value is -3.30. The number of aromatic nitrogens is 1. The average Bonchev–Trinajstić information content (AvgIpc) is 3.81. The molecule has 1 aromatic rings. The molecule has 0 radical (unpaired) electrons. The predicted molar refractivity (Wildman–Crippen MR) is 166 cm³/mol. The van der Waals surface area contributed by atoms with Gasteiger partial charge in [0.05, 0.1) is 49.7 Å². The highest BCUT2D eigenvalue weighted by atomic mass is 32.1. The van der Waals surface area contributed by atoms with Crippen molar-refractivity contribution in [3.8, 4) is 0 Å². The van der Waals surface area contributed by atoms with Gasteiger partial charge in [0, 0.05) is 46.4 Å². The smallest absolute Gasteiger partial charge is 0.410 e. The molecule has 7 atom stereocenters. The molecule has 3 heterocycles. The number of carbonyl (C=O) groups excluding carboxylic acids is 5. The third kappa shape index (κ3) is 8.91. The van der Waals surface area contributed by atoms with Crippen LogP contribution >= 0.6 is 11.3 Å². The van der Waals surface area contributed by atoms with Crippen molar-refractivity contribution in [1.29, 1.82) is 0 Å². The highest BCUT2D eigenvalue weighted by Crippen LogP contribution is 2.29. The summed E-state index contributed by atoms with van der Waals surface area (Å²) in [4.78, 5) is 73.0. The van der Waals surface area contributed by atoms with E-state index in [4.69, 9.17) is 14.2 Å². The molecule has 45 heavy (non-hydrogen) atoms. The first-order valence-corrected chi connectivity index (χ1v) is 16.3. The Morgan fingerprint density at radius 1 is 1.20 bits per heavy atom. The van der Waals surface area contributed by atoms with E-state index >= 15 is 0 Å². The fraction of sp³-hybridized carbons (Fsp3) is 0.733. The summed E-state index contributed by atoms with van der Waals surface area (Å²) in [6, 6.07) is -1.55. The molecule has 0 bridgehead atoms. The van der Waals surface area contributed by atoms with Gasteiger partial charge in [-0.15, -0.1) is 11.3 Å². The lowest BCUT2D eigenvalue weighted by molar-refractivity contribution is -0.145. The van der Waals surface area contributed by atoms with Crippen molar-refractivity contribution >= 4 is 41.1 Å². The van der Waals surface area contributed by atoms with Gasteiger partial charge in [-0.2, -0.15) is 0 Å². The third-order valence-electron chi connectivity index (χ3n) is 9.04. The molecule has 3 rings (SSSR count). The van der Waals surface area contributed by atoms with E-state index in [1.807, 2.05) is 19.2 Å². The normalized spacial score (nSPS) is 21.4. The number of thiazole rings is 1. The van der Waals surface area contributed by atoms with Crippen LogP contribution in [0.2, 0.25) is 0 Å². The average molecular weight is 653 g/mol. The molecule has 5 amide bonds. The van der Waals surface area contributed by atoms with E-state index in [2.05, 4.69) is 15.6 Å². The second-order valence-corrected chi connectivity index (χ2v) is 12.7. The monoisotopic (exact) mass is 652 g/mol. The zero-order chi connectivity index (χ0) is 33.3. The molecule has 0 saturated carbocycles. The second-order valence-electron chi connectivity index (χ2n) is 11.7. The summed E-state index contributed by atoms with van der Waals surface area (Å²) in [7, 11) is 6.19. The topological polar surface area (TPSA) is 160 Å². The zero-order valence-corrected chi connectivity index (χ0v) is 28.1. The molecular formula is C30H48N6O8S. The predicted octanol–water partition coefficient (Wildman–Crippen LogP) is 1.25. The zero-order valence-electron chi connectivity index (χ0n) is 27.3. The molecule has 1 aromatic heterocycles. The van der Waals surface area contributed by atoms with E-state index in [1.165, 1.54) is 35.3 Å². The maximum atomic E-state index is 13.8. The van der Waals surface area contributed by atoms with Crippen LogP contribution in [0.15, 0.2) is 11.6 Å². The van der Waals surface area contributed by atoms with Crippen molar-refractivity contribution in [2.24, 2.45) is 11.8 Å². The number of methoxy groups -OCH3 is 2. The summed E-state index contributed by atoms with van der Waals surface area (Å²) in [5.74, 6) is -1.68. The molecule has 0 aromatic carbocycles. The lowest BCUT2D eigenvalue weighted by Crippen LogP contribution is -2.55. The first-order valence-electron chi connectivity index (χ1n) is 15.4. The molecule has 15 heteroatoms. The first-order chi connectivity index (χ1) is 21.4. The largest absolute Gasteiger partial charge is 0.447 e. The summed E-state index contributed by atoms with van der Waals surface area (Å²) >= 11 is 1.46. The Balaban J connectivity index is 1.65. The molecule has 2 aliphatic rings. The number of nitrogens with one attached hydrogen (secondary N) is 2.